The van der Waals surface area contributed by atoms with Crippen LogP contribution in [0.4, 0.5) is 0 Å². The first-order valence-corrected chi connectivity index (χ1v) is 6.25. The number of benzene rings is 2. The number of fused-ring (bicyclic) bond motifs is 3. The Kier molecular flexibility index (Phi) is 1.66. The van der Waals surface area contributed by atoms with Crippen LogP contribution in [-0.2, 0) is 12.0 Å². The van der Waals surface area contributed by atoms with Gasteiger partial charge >= 0.3 is 0 Å². The maximum Gasteiger partial charge on any atom is 0.116 e. The summed E-state index contributed by atoms with van der Waals surface area (Å²) < 4.78 is 0. The number of hydrogen-bond acceptors (Lipinski definition) is 1. The van der Waals surface area contributed by atoms with Gasteiger partial charge in [0.25, 0.3) is 0 Å². The van der Waals surface area contributed by atoms with E-state index in [-0.39, 0.29) is 0 Å². The molecule has 2 aliphatic rings. The predicted molar refractivity (Wildman–Crippen MR) is 67.8 cm³/mol. The van der Waals surface area contributed by atoms with Crippen molar-refractivity contribution >= 4 is 0 Å². The van der Waals surface area contributed by atoms with Gasteiger partial charge in [-0.1, -0.05) is 42.5 Å². The number of aryl methyl sites for hydroxylation is 1. The van der Waals surface area contributed by atoms with Crippen LogP contribution in [0.1, 0.15) is 29.5 Å². The molecular weight excluding hydrogens is 208 g/mol. The first-order chi connectivity index (χ1) is 8.31. The normalized spacial score (nSPS) is 24.3. The molecule has 0 saturated heterocycles. The summed E-state index contributed by atoms with van der Waals surface area (Å²) in [6.07, 6.45) is 3.02. The third kappa shape index (κ3) is 1.03. The Hall–Kier alpha value is -1.60. The van der Waals surface area contributed by atoms with Gasteiger partial charge in [0.2, 0.25) is 0 Å². The summed E-state index contributed by atoms with van der Waals surface area (Å²) in [5, 5.41) is 11.0. The molecule has 0 saturated carbocycles. The molecule has 0 fully saturated rings. The summed E-state index contributed by atoms with van der Waals surface area (Å²) in [4.78, 5) is 0. The molecule has 2 aromatic carbocycles. The van der Waals surface area contributed by atoms with Crippen LogP contribution in [0, 0.1) is 0 Å². The predicted octanol–water partition coefficient (Wildman–Crippen LogP) is 3.24. The van der Waals surface area contributed by atoms with E-state index >= 15 is 0 Å². The van der Waals surface area contributed by atoms with E-state index in [1.54, 1.807) is 0 Å². The minimum Gasteiger partial charge on any atom is -0.380 e. The lowest BCUT2D eigenvalue weighted by Crippen LogP contribution is -2.29. The van der Waals surface area contributed by atoms with Gasteiger partial charge < -0.3 is 5.11 Å². The van der Waals surface area contributed by atoms with E-state index in [2.05, 4.69) is 36.4 Å². The van der Waals surface area contributed by atoms with E-state index in [1.165, 1.54) is 22.3 Å². The van der Waals surface area contributed by atoms with Gasteiger partial charge in [-0.3, -0.25) is 0 Å². The molecule has 0 bridgehead atoms. The Balaban J connectivity index is 2.16. The molecule has 0 spiro atoms. The van der Waals surface area contributed by atoms with Gasteiger partial charge in [0, 0.05) is 0 Å². The van der Waals surface area contributed by atoms with Gasteiger partial charge in [0.15, 0.2) is 0 Å². The van der Waals surface area contributed by atoms with Crippen LogP contribution < -0.4 is 0 Å². The van der Waals surface area contributed by atoms with Crippen LogP contribution >= 0.6 is 0 Å². The maximum absolute atomic E-state index is 11.0. The molecule has 0 aliphatic heterocycles. The third-order valence-corrected chi connectivity index (χ3v) is 4.21. The van der Waals surface area contributed by atoms with Gasteiger partial charge in [-0.15, -0.1) is 0 Å². The van der Waals surface area contributed by atoms with Gasteiger partial charge in [-0.05, 0) is 47.1 Å². The maximum atomic E-state index is 11.0. The summed E-state index contributed by atoms with van der Waals surface area (Å²) in [7, 11) is 0. The summed E-state index contributed by atoms with van der Waals surface area (Å²) in [5.74, 6) is 0. The second kappa shape index (κ2) is 2.99. The van der Waals surface area contributed by atoms with Crippen LogP contribution in [0.15, 0.2) is 42.5 Å². The number of hydrogen-bond donors (Lipinski definition) is 1. The number of rotatable bonds is 0. The molecule has 0 heterocycles. The average Bonchev–Trinajstić information content (AvgIpc) is 2.63. The van der Waals surface area contributed by atoms with Crippen LogP contribution in [0.5, 0.6) is 0 Å². The number of aliphatic hydroxyl groups is 1. The molecule has 1 nitrogen and oxygen atoms in total. The second-order valence-electron chi connectivity index (χ2n) is 5.10. The zero-order chi connectivity index (χ0) is 11.5. The Labute approximate surface area is 101 Å². The fourth-order valence-corrected chi connectivity index (χ4v) is 3.53. The summed E-state index contributed by atoms with van der Waals surface area (Å²) in [6.45, 7) is 0. The Morgan fingerprint density at radius 2 is 1.76 bits per heavy atom. The summed E-state index contributed by atoms with van der Waals surface area (Å²) in [5.41, 5.74) is 5.33. The molecule has 2 aliphatic carbocycles. The smallest absolute Gasteiger partial charge is 0.116 e. The highest BCUT2D eigenvalue weighted by Crippen LogP contribution is 2.53. The lowest BCUT2D eigenvalue weighted by molar-refractivity contribution is 0.0665. The van der Waals surface area contributed by atoms with Crippen molar-refractivity contribution in [3.63, 3.8) is 0 Å². The highest BCUT2D eigenvalue weighted by atomic mass is 16.3. The molecular formula is C16H14O. The Morgan fingerprint density at radius 1 is 0.941 bits per heavy atom. The van der Waals surface area contributed by atoms with Crippen molar-refractivity contribution < 1.29 is 5.11 Å². The van der Waals surface area contributed by atoms with Crippen molar-refractivity contribution in [1.29, 1.82) is 0 Å². The molecule has 4 rings (SSSR count). The first kappa shape index (κ1) is 9.43. The molecule has 1 N–H and O–H groups in total. The monoisotopic (exact) mass is 222 g/mol. The van der Waals surface area contributed by atoms with Gasteiger partial charge in [-0.2, -0.15) is 0 Å². The molecule has 0 amide bonds. The standard InChI is InChI=1S/C16H14O/c17-16-10-4-6-11-5-3-8-13(15(11)16)12-7-1-2-9-14(12)16/h1-3,5,7-9,17H,4,6,10H2. The van der Waals surface area contributed by atoms with E-state index in [0.29, 0.717) is 0 Å². The molecule has 84 valence electrons. The highest BCUT2D eigenvalue weighted by Gasteiger charge is 2.44. The topological polar surface area (TPSA) is 20.2 Å². The van der Waals surface area contributed by atoms with Crippen molar-refractivity contribution in [3.8, 4) is 11.1 Å². The quantitative estimate of drug-likeness (QED) is 0.725. The van der Waals surface area contributed by atoms with Crippen LogP contribution in [0.3, 0.4) is 0 Å². The van der Waals surface area contributed by atoms with Crippen molar-refractivity contribution in [1.82, 2.24) is 0 Å². The van der Waals surface area contributed by atoms with Gasteiger partial charge in [-0.25, -0.2) is 0 Å². The first-order valence-electron chi connectivity index (χ1n) is 6.25. The molecule has 1 atom stereocenters. The van der Waals surface area contributed by atoms with Crippen LogP contribution in [-0.4, -0.2) is 5.11 Å². The van der Waals surface area contributed by atoms with Crippen LogP contribution in [0.25, 0.3) is 11.1 Å². The second-order valence-corrected chi connectivity index (χ2v) is 5.10. The lowest BCUT2D eigenvalue weighted by Gasteiger charge is -2.31. The molecule has 17 heavy (non-hydrogen) atoms. The largest absolute Gasteiger partial charge is 0.380 e. The van der Waals surface area contributed by atoms with E-state index in [4.69, 9.17) is 0 Å². The fraction of sp³-hybridized carbons (Fsp3) is 0.250. The Morgan fingerprint density at radius 3 is 2.71 bits per heavy atom. The van der Waals surface area contributed by atoms with Crippen molar-refractivity contribution in [2.45, 2.75) is 24.9 Å². The zero-order valence-electron chi connectivity index (χ0n) is 9.61. The SMILES string of the molecule is OC12CCCc3cccc(c31)-c1ccccc12. The molecule has 0 aromatic heterocycles. The van der Waals surface area contributed by atoms with E-state index in [0.717, 1.165) is 24.8 Å². The highest BCUT2D eigenvalue weighted by molar-refractivity contribution is 5.81. The molecule has 1 heteroatoms. The summed E-state index contributed by atoms with van der Waals surface area (Å²) >= 11 is 0. The minimum atomic E-state index is -0.721. The lowest BCUT2D eigenvalue weighted by atomic mass is 9.78. The third-order valence-electron chi connectivity index (χ3n) is 4.21. The zero-order valence-corrected chi connectivity index (χ0v) is 9.61. The van der Waals surface area contributed by atoms with Crippen molar-refractivity contribution in [2.24, 2.45) is 0 Å². The van der Waals surface area contributed by atoms with E-state index < -0.39 is 5.60 Å². The van der Waals surface area contributed by atoms with Crippen molar-refractivity contribution in [2.75, 3.05) is 0 Å². The molecule has 1 unspecified atom stereocenters. The average molecular weight is 222 g/mol. The van der Waals surface area contributed by atoms with Crippen molar-refractivity contribution in [3.05, 3.63) is 59.2 Å². The van der Waals surface area contributed by atoms with Gasteiger partial charge in [0.05, 0.1) is 0 Å². The van der Waals surface area contributed by atoms with E-state index in [9.17, 15) is 5.11 Å². The fourth-order valence-electron chi connectivity index (χ4n) is 3.53. The Bertz CT molecular complexity index is 615. The van der Waals surface area contributed by atoms with E-state index in [1.807, 2.05) is 6.07 Å². The van der Waals surface area contributed by atoms with Crippen LogP contribution in [0.2, 0.25) is 0 Å². The summed E-state index contributed by atoms with van der Waals surface area (Å²) in [6, 6.07) is 14.7. The molecule has 2 aromatic rings. The molecule has 0 radical (unpaired) electrons. The minimum absolute atomic E-state index is 0.721. The van der Waals surface area contributed by atoms with Gasteiger partial charge in [0.1, 0.15) is 5.60 Å².